The number of rotatable bonds is 6. The van der Waals surface area contributed by atoms with Gasteiger partial charge in [0.2, 0.25) is 0 Å². The van der Waals surface area contributed by atoms with Crippen LogP contribution in [0.1, 0.15) is 24.0 Å². The molecule has 0 aliphatic rings. The molecular formula is C17H20ClNO. The van der Waals surface area contributed by atoms with Crippen LogP contribution in [0.15, 0.2) is 48.5 Å². The van der Waals surface area contributed by atoms with Gasteiger partial charge in [0.15, 0.2) is 0 Å². The van der Waals surface area contributed by atoms with E-state index in [0.29, 0.717) is 13.2 Å². The first kappa shape index (κ1) is 14.9. The molecule has 0 aliphatic carbocycles. The fourth-order valence-electron chi connectivity index (χ4n) is 2.33. The quantitative estimate of drug-likeness (QED) is 0.871. The SMILES string of the molecule is CCOc1ccccc1CC(CN)c1cccc(Cl)c1. The minimum absolute atomic E-state index is 0.246. The van der Waals surface area contributed by atoms with Gasteiger partial charge in [-0.1, -0.05) is 41.9 Å². The van der Waals surface area contributed by atoms with Gasteiger partial charge < -0.3 is 10.5 Å². The average molecular weight is 290 g/mol. The standard InChI is InChI=1S/C17H20ClNO/c1-2-20-17-9-4-3-6-14(17)10-15(12-19)13-7-5-8-16(18)11-13/h3-9,11,15H,2,10,12,19H2,1H3. The zero-order chi connectivity index (χ0) is 14.4. The van der Waals surface area contributed by atoms with Crippen molar-refractivity contribution in [3.63, 3.8) is 0 Å². The van der Waals surface area contributed by atoms with Crippen molar-refractivity contribution in [3.8, 4) is 5.75 Å². The first-order valence-electron chi connectivity index (χ1n) is 6.90. The summed E-state index contributed by atoms with van der Waals surface area (Å²) in [5, 5.41) is 0.749. The largest absolute Gasteiger partial charge is 0.494 e. The maximum absolute atomic E-state index is 6.06. The van der Waals surface area contributed by atoms with Crippen LogP contribution < -0.4 is 10.5 Å². The molecule has 0 saturated heterocycles. The van der Waals surface area contributed by atoms with E-state index in [0.717, 1.165) is 17.2 Å². The summed E-state index contributed by atoms with van der Waals surface area (Å²) in [6.45, 7) is 3.25. The van der Waals surface area contributed by atoms with E-state index in [-0.39, 0.29) is 5.92 Å². The van der Waals surface area contributed by atoms with Gasteiger partial charge >= 0.3 is 0 Å². The van der Waals surface area contributed by atoms with Crippen LogP contribution >= 0.6 is 11.6 Å². The Balaban J connectivity index is 2.22. The Kier molecular flexibility index (Phi) is 5.45. The average Bonchev–Trinajstić information content (AvgIpc) is 2.46. The Hall–Kier alpha value is -1.51. The molecule has 0 amide bonds. The van der Waals surface area contributed by atoms with Gasteiger partial charge in [-0.2, -0.15) is 0 Å². The lowest BCUT2D eigenvalue weighted by Gasteiger charge is -2.18. The molecule has 106 valence electrons. The summed E-state index contributed by atoms with van der Waals surface area (Å²) in [5.74, 6) is 1.19. The first-order chi connectivity index (χ1) is 9.74. The van der Waals surface area contributed by atoms with Crippen molar-refractivity contribution in [1.82, 2.24) is 0 Å². The number of nitrogens with two attached hydrogens (primary N) is 1. The Labute approximate surface area is 125 Å². The lowest BCUT2D eigenvalue weighted by molar-refractivity contribution is 0.335. The van der Waals surface area contributed by atoms with Crippen molar-refractivity contribution in [2.24, 2.45) is 5.73 Å². The number of ether oxygens (including phenoxy) is 1. The van der Waals surface area contributed by atoms with Gasteiger partial charge in [-0.15, -0.1) is 0 Å². The normalized spacial score (nSPS) is 12.2. The number of para-hydroxylation sites is 1. The highest BCUT2D eigenvalue weighted by molar-refractivity contribution is 6.30. The highest BCUT2D eigenvalue weighted by Gasteiger charge is 2.13. The molecule has 20 heavy (non-hydrogen) atoms. The Morgan fingerprint density at radius 2 is 1.95 bits per heavy atom. The fraction of sp³-hybridized carbons (Fsp3) is 0.294. The summed E-state index contributed by atoms with van der Waals surface area (Å²) < 4.78 is 5.68. The predicted octanol–water partition coefficient (Wildman–Crippen LogP) is 4.02. The zero-order valence-corrected chi connectivity index (χ0v) is 12.4. The minimum Gasteiger partial charge on any atom is -0.494 e. The lowest BCUT2D eigenvalue weighted by Crippen LogP contribution is -2.15. The predicted molar refractivity (Wildman–Crippen MR) is 84.6 cm³/mol. The van der Waals surface area contributed by atoms with Crippen molar-refractivity contribution in [2.75, 3.05) is 13.2 Å². The molecule has 0 radical (unpaired) electrons. The summed E-state index contributed by atoms with van der Waals surface area (Å²) in [4.78, 5) is 0. The van der Waals surface area contributed by atoms with Crippen molar-refractivity contribution >= 4 is 11.6 Å². The maximum atomic E-state index is 6.06. The molecule has 2 aromatic rings. The van der Waals surface area contributed by atoms with Crippen LogP contribution in [-0.4, -0.2) is 13.2 Å². The van der Waals surface area contributed by atoms with E-state index in [4.69, 9.17) is 22.1 Å². The van der Waals surface area contributed by atoms with E-state index >= 15 is 0 Å². The van der Waals surface area contributed by atoms with E-state index < -0.39 is 0 Å². The van der Waals surface area contributed by atoms with E-state index in [1.807, 2.05) is 43.3 Å². The number of benzene rings is 2. The van der Waals surface area contributed by atoms with Gasteiger partial charge in [0.25, 0.3) is 0 Å². The smallest absolute Gasteiger partial charge is 0.122 e. The zero-order valence-electron chi connectivity index (χ0n) is 11.7. The third-order valence-corrected chi connectivity index (χ3v) is 3.58. The Bertz CT molecular complexity index is 556. The highest BCUT2D eigenvalue weighted by atomic mass is 35.5. The van der Waals surface area contributed by atoms with Gasteiger partial charge in [-0.3, -0.25) is 0 Å². The second kappa shape index (κ2) is 7.32. The molecule has 2 nitrogen and oxygen atoms in total. The summed E-state index contributed by atoms with van der Waals surface area (Å²) in [6.07, 6.45) is 0.854. The Morgan fingerprint density at radius 1 is 1.15 bits per heavy atom. The van der Waals surface area contributed by atoms with Crippen molar-refractivity contribution < 1.29 is 4.74 Å². The molecule has 1 atom stereocenters. The first-order valence-corrected chi connectivity index (χ1v) is 7.28. The topological polar surface area (TPSA) is 35.2 Å². The molecule has 2 N–H and O–H groups in total. The number of hydrogen-bond acceptors (Lipinski definition) is 2. The third-order valence-electron chi connectivity index (χ3n) is 3.34. The van der Waals surface area contributed by atoms with E-state index in [1.54, 1.807) is 0 Å². The van der Waals surface area contributed by atoms with Crippen molar-refractivity contribution in [2.45, 2.75) is 19.3 Å². The van der Waals surface area contributed by atoms with E-state index in [9.17, 15) is 0 Å². The third kappa shape index (κ3) is 3.75. The summed E-state index contributed by atoms with van der Waals surface area (Å²) in [5.41, 5.74) is 8.30. The molecule has 1 unspecified atom stereocenters. The van der Waals surface area contributed by atoms with Gasteiger partial charge in [-0.25, -0.2) is 0 Å². The molecule has 0 saturated carbocycles. The second-order valence-electron chi connectivity index (χ2n) is 4.73. The van der Waals surface area contributed by atoms with Crippen LogP contribution in [0.3, 0.4) is 0 Å². The van der Waals surface area contributed by atoms with Gasteiger partial charge in [0, 0.05) is 10.9 Å². The molecule has 3 heteroatoms. The molecule has 0 spiro atoms. The number of halogens is 1. The number of hydrogen-bond donors (Lipinski definition) is 1. The molecule has 0 aliphatic heterocycles. The minimum atomic E-state index is 0.246. The Morgan fingerprint density at radius 3 is 2.65 bits per heavy atom. The molecule has 0 aromatic heterocycles. The molecule has 0 bridgehead atoms. The van der Waals surface area contributed by atoms with Crippen LogP contribution in [0.5, 0.6) is 5.75 Å². The molecule has 0 heterocycles. The molecule has 2 aromatic carbocycles. The fourth-order valence-corrected chi connectivity index (χ4v) is 2.53. The summed E-state index contributed by atoms with van der Waals surface area (Å²) >= 11 is 6.06. The molecule has 2 rings (SSSR count). The van der Waals surface area contributed by atoms with Gasteiger partial charge in [0.1, 0.15) is 5.75 Å². The summed E-state index contributed by atoms with van der Waals surface area (Å²) in [7, 11) is 0. The van der Waals surface area contributed by atoms with Crippen molar-refractivity contribution in [1.29, 1.82) is 0 Å². The molecular weight excluding hydrogens is 270 g/mol. The van der Waals surface area contributed by atoms with Crippen LogP contribution in [-0.2, 0) is 6.42 Å². The lowest BCUT2D eigenvalue weighted by atomic mass is 9.92. The maximum Gasteiger partial charge on any atom is 0.122 e. The van der Waals surface area contributed by atoms with Gasteiger partial charge in [0.05, 0.1) is 6.61 Å². The monoisotopic (exact) mass is 289 g/mol. The van der Waals surface area contributed by atoms with Crippen LogP contribution in [0.25, 0.3) is 0 Å². The van der Waals surface area contributed by atoms with E-state index in [1.165, 1.54) is 11.1 Å². The van der Waals surface area contributed by atoms with Crippen molar-refractivity contribution in [3.05, 3.63) is 64.7 Å². The molecule has 0 fully saturated rings. The van der Waals surface area contributed by atoms with Crippen LogP contribution in [0.2, 0.25) is 5.02 Å². The van der Waals surface area contributed by atoms with E-state index in [2.05, 4.69) is 12.1 Å². The van der Waals surface area contributed by atoms with Crippen LogP contribution in [0.4, 0.5) is 0 Å². The summed E-state index contributed by atoms with van der Waals surface area (Å²) in [6, 6.07) is 16.0. The second-order valence-corrected chi connectivity index (χ2v) is 5.17. The van der Waals surface area contributed by atoms with Gasteiger partial charge in [-0.05, 0) is 49.2 Å². The highest BCUT2D eigenvalue weighted by Crippen LogP contribution is 2.27. The van der Waals surface area contributed by atoms with Crippen LogP contribution in [0, 0.1) is 0 Å².